The summed E-state index contributed by atoms with van der Waals surface area (Å²) in [6.07, 6.45) is 4.12. The van der Waals surface area contributed by atoms with Gasteiger partial charge >= 0.3 is 0 Å². The Morgan fingerprint density at radius 2 is 2.05 bits per heavy atom. The summed E-state index contributed by atoms with van der Waals surface area (Å²) in [6, 6.07) is 0. The number of carbonyl (C=O) groups excluding carboxylic acids is 1. The molecule has 5 heteroatoms. The Kier molecular flexibility index (Phi) is 6.25. The van der Waals surface area contributed by atoms with Crippen LogP contribution in [-0.2, 0) is 0 Å². The topological polar surface area (TPSA) is 66.9 Å². The minimum atomic E-state index is -0.167. The van der Waals surface area contributed by atoms with E-state index in [-0.39, 0.29) is 5.91 Å². The Morgan fingerprint density at radius 3 is 2.68 bits per heavy atom. The molecule has 19 heavy (non-hydrogen) atoms. The number of carbonyl (C=O) groups is 1. The molecule has 0 spiro atoms. The lowest BCUT2D eigenvalue weighted by atomic mass is 9.98. The standard InChI is InChI=1S/C14H24N4O/c1-5-6-16-13-9-15-8-12(18-13)14(19)17-7-11(4)10(2)3/h8-11H,5-7H2,1-4H3,(H,16,18)(H,17,19). The molecule has 1 rings (SSSR count). The summed E-state index contributed by atoms with van der Waals surface area (Å²) in [6.45, 7) is 9.97. The fraction of sp³-hybridized carbons (Fsp3) is 0.643. The van der Waals surface area contributed by atoms with Gasteiger partial charge in [0, 0.05) is 13.1 Å². The number of anilines is 1. The second-order valence-electron chi connectivity index (χ2n) is 5.15. The van der Waals surface area contributed by atoms with Crippen molar-refractivity contribution in [2.75, 3.05) is 18.4 Å². The van der Waals surface area contributed by atoms with Crippen LogP contribution in [0.25, 0.3) is 0 Å². The van der Waals surface area contributed by atoms with Crippen LogP contribution in [0, 0.1) is 11.8 Å². The lowest BCUT2D eigenvalue weighted by Crippen LogP contribution is -2.30. The molecule has 1 aromatic heterocycles. The monoisotopic (exact) mass is 264 g/mol. The van der Waals surface area contributed by atoms with E-state index < -0.39 is 0 Å². The summed E-state index contributed by atoms with van der Waals surface area (Å²) in [5.41, 5.74) is 0.358. The molecule has 1 unspecified atom stereocenters. The largest absolute Gasteiger partial charge is 0.369 e. The molecule has 0 aliphatic heterocycles. The van der Waals surface area contributed by atoms with E-state index in [9.17, 15) is 4.79 Å². The number of hydrogen-bond donors (Lipinski definition) is 2. The maximum absolute atomic E-state index is 12.0. The minimum Gasteiger partial charge on any atom is -0.369 e. The van der Waals surface area contributed by atoms with Crippen LogP contribution in [0.2, 0.25) is 0 Å². The Bertz CT molecular complexity index is 406. The van der Waals surface area contributed by atoms with Gasteiger partial charge in [-0.2, -0.15) is 0 Å². The lowest BCUT2D eigenvalue weighted by molar-refractivity contribution is 0.0939. The normalized spacial score (nSPS) is 12.3. The maximum atomic E-state index is 12.0. The van der Waals surface area contributed by atoms with Gasteiger partial charge in [-0.25, -0.2) is 4.98 Å². The molecule has 0 saturated carbocycles. The van der Waals surface area contributed by atoms with Gasteiger partial charge in [0.25, 0.3) is 5.91 Å². The molecule has 0 bridgehead atoms. The molecule has 0 saturated heterocycles. The summed E-state index contributed by atoms with van der Waals surface area (Å²) >= 11 is 0. The van der Waals surface area contributed by atoms with Crippen LogP contribution in [-0.4, -0.2) is 29.0 Å². The molecular weight excluding hydrogens is 240 g/mol. The van der Waals surface area contributed by atoms with Gasteiger partial charge in [-0.05, 0) is 18.3 Å². The molecule has 2 N–H and O–H groups in total. The second kappa shape index (κ2) is 7.71. The van der Waals surface area contributed by atoms with Crippen molar-refractivity contribution in [2.24, 2.45) is 11.8 Å². The molecular formula is C14H24N4O. The van der Waals surface area contributed by atoms with Crippen LogP contribution in [0.1, 0.15) is 44.6 Å². The molecule has 0 aliphatic carbocycles. The number of nitrogens with one attached hydrogen (secondary N) is 2. The third-order valence-electron chi connectivity index (χ3n) is 3.15. The van der Waals surface area contributed by atoms with Crippen LogP contribution in [0.3, 0.4) is 0 Å². The highest BCUT2D eigenvalue weighted by molar-refractivity contribution is 5.92. The van der Waals surface area contributed by atoms with Crippen LogP contribution < -0.4 is 10.6 Å². The molecule has 1 aromatic rings. The molecule has 0 aliphatic rings. The van der Waals surface area contributed by atoms with Crippen molar-refractivity contribution in [3.8, 4) is 0 Å². The van der Waals surface area contributed by atoms with Gasteiger partial charge in [-0.15, -0.1) is 0 Å². The van der Waals surface area contributed by atoms with Crippen LogP contribution in [0.5, 0.6) is 0 Å². The predicted molar refractivity (Wildman–Crippen MR) is 77.1 cm³/mol. The van der Waals surface area contributed by atoms with E-state index in [4.69, 9.17) is 0 Å². The Morgan fingerprint density at radius 1 is 1.32 bits per heavy atom. The summed E-state index contributed by atoms with van der Waals surface area (Å²) in [5.74, 6) is 1.47. The maximum Gasteiger partial charge on any atom is 0.271 e. The quantitative estimate of drug-likeness (QED) is 0.793. The zero-order valence-electron chi connectivity index (χ0n) is 12.2. The SMILES string of the molecule is CCCNc1cncc(C(=O)NCC(C)C(C)C)n1. The Hall–Kier alpha value is -1.65. The molecule has 0 fully saturated rings. The first-order chi connectivity index (χ1) is 9.04. The van der Waals surface area contributed by atoms with Crippen molar-refractivity contribution < 1.29 is 4.79 Å². The Labute approximate surface area is 115 Å². The van der Waals surface area contributed by atoms with Gasteiger partial charge in [-0.3, -0.25) is 9.78 Å². The molecule has 5 nitrogen and oxygen atoms in total. The highest BCUT2D eigenvalue weighted by atomic mass is 16.1. The van der Waals surface area contributed by atoms with Crippen molar-refractivity contribution in [3.05, 3.63) is 18.1 Å². The molecule has 1 amide bonds. The first-order valence-electron chi connectivity index (χ1n) is 6.88. The lowest BCUT2D eigenvalue weighted by Gasteiger charge is -2.15. The van der Waals surface area contributed by atoms with E-state index in [0.29, 0.717) is 29.9 Å². The predicted octanol–water partition coefficient (Wildman–Crippen LogP) is 2.32. The van der Waals surface area contributed by atoms with Crippen molar-refractivity contribution in [1.29, 1.82) is 0 Å². The van der Waals surface area contributed by atoms with Crippen LogP contribution >= 0.6 is 0 Å². The first kappa shape index (κ1) is 15.4. The number of amides is 1. The van der Waals surface area contributed by atoms with E-state index >= 15 is 0 Å². The van der Waals surface area contributed by atoms with Crippen LogP contribution in [0.15, 0.2) is 12.4 Å². The molecule has 0 aromatic carbocycles. The number of hydrogen-bond acceptors (Lipinski definition) is 4. The third-order valence-corrected chi connectivity index (χ3v) is 3.15. The average Bonchev–Trinajstić information content (AvgIpc) is 2.42. The van der Waals surface area contributed by atoms with E-state index in [2.05, 4.69) is 48.3 Å². The van der Waals surface area contributed by atoms with Crippen molar-refractivity contribution in [2.45, 2.75) is 34.1 Å². The second-order valence-corrected chi connectivity index (χ2v) is 5.15. The van der Waals surface area contributed by atoms with Crippen molar-refractivity contribution in [3.63, 3.8) is 0 Å². The fourth-order valence-electron chi connectivity index (χ4n) is 1.39. The zero-order chi connectivity index (χ0) is 14.3. The summed E-state index contributed by atoms with van der Waals surface area (Å²) < 4.78 is 0. The summed E-state index contributed by atoms with van der Waals surface area (Å²) in [5, 5.41) is 6.01. The van der Waals surface area contributed by atoms with Crippen molar-refractivity contribution in [1.82, 2.24) is 15.3 Å². The smallest absolute Gasteiger partial charge is 0.271 e. The van der Waals surface area contributed by atoms with Crippen LogP contribution in [0.4, 0.5) is 5.82 Å². The van der Waals surface area contributed by atoms with Gasteiger partial charge in [0.05, 0.1) is 12.4 Å². The number of rotatable bonds is 7. The highest BCUT2D eigenvalue weighted by Crippen LogP contribution is 2.08. The average molecular weight is 264 g/mol. The summed E-state index contributed by atoms with van der Waals surface area (Å²) in [4.78, 5) is 20.2. The van der Waals surface area contributed by atoms with Gasteiger partial charge < -0.3 is 10.6 Å². The molecule has 106 valence electrons. The minimum absolute atomic E-state index is 0.167. The number of nitrogens with zero attached hydrogens (tertiary/aromatic N) is 2. The molecule has 0 radical (unpaired) electrons. The Balaban J connectivity index is 2.56. The van der Waals surface area contributed by atoms with E-state index in [1.165, 1.54) is 6.20 Å². The van der Waals surface area contributed by atoms with Gasteiger partial charge in [0.1, 0.15) is 11.5 Å². The third kappa shape index (κ3) is 5.24. The van der Waals surface area contributed by atoms with E-state index in [0.717, 1.165) is 13.0 Å². The molecule has 1 atom stereocenters. The molecule has 1 heterocycles. The van der Waals surface area contributed by atoms with Crippen molar-refractivity contribution >= 4 is 11.7 Å². The zero-order valence-corrected chi connectivity index (χ0v) is 12.2. The van der Waals surface area contributed by atoms with Gasteiger partial charge in [0.2, 0.25) is 0 Å². The summed E-state index contributed by atoms with van der Waals surface area (Å²) in [7, 11) is 0. The van der Waals surface area contributed by atoms with E-state index in [1.807, 2.05) is 0 Å². The number of aromatic nitrogens is 2. The van der Waals surface area contributed by atoms with E-state index in [1.54, 1.807) is 6.20 Å². The first-order valence-corrected chi connectivity index (χ1v) is 6.88. The highest BCUT2D eigenvalue weighted by Gasteiger charge is 2.12. The fourth-order valence-corrected chi connectivity index (χ4v) is 1.39. The van der Waals surface area contributed by atoms with Gasteiger partial charge in [0.15, 0.2) is 0 Å². The van der Waals surface area contributed by atoms with Gasteiger partial charge in [-0.1, -0.05) is 27.7 Å².